The van der Waals surface area contributed by atoms with Crippen LogP contribution < -0.4 is 5.32 Å². The Morgan fingerprint density at radius 2 is 1.97 bits per heavy atom. The van der Waals surface area contributed by atoms with E-state index >= 15 is 0 Å². The molecule has 1 aliphatic carbocycles. The highest BCUT2D eigenvalue weighted by Gasteiger charge is 2.28. The summed E-state index contributed by atoms with van der Waals surface area (Å²) in [6.07, 6.45) is 6.56. The second kappa shape index (κ2) is 9.47. The number of methoxy groups -OCH3 is 1. The summed E-state index contributed by atoms with van der Waals surface area (Å²) in [6, 6.07) is 15.3. The van der Waals surface area contributed by atoms with E-state index in [1.165, 1.54) is 12.7 Å². The number of aromatic nitrogens is 7. The Kier molecular flexibility index (Phi) is 5.85. The average Bonchev–Trinajstić information content (AvgIpc) is 3.69. The number of hydrogen-bond acceptors (Lipinski definition) is 7. The first-order chi connectivity index (χ1) is 18.1. The minimum atomic E-state index is -0.505. The summed E-state index contributed by atoms with van der Waals surface area (Å²) in [5.74, 6) is 0.958. The van der Waals surface area contributed by atoms with Crippen LogP contribution in [-0.2, 0) is 11.2 Å². The van der Waals surface area contributed by atoms with E-state index in [1.54, 1.807) is 11.0 Å². The summed E-state index contributed by atoms with van der Waals surface area (Å²) in [5, 5.41) is 14.8. The van der Waals surface area contributed by atoms with Crippen LogP contribution in [0.15, 0.2) is 67.3 Å². The lowest BCUT2D eigenvalue weighted by Crippen LogP contribution is -2.10. The number of halogens is 1. The van der Waals surface area contributed by atoms with Gasteiger partial charge in [-0.15, -0.1) is 5.10 Å². The van der Waals surface area contributed by atoms with Gasteiger partial charge in [-0.25, -0.2) is 9.78 Å². The van der Waals surface area contributed by atoms with E-state index in [9.17, 15) is 4.79 Å². The molecule has 37 heavy (non-hydrogen) atoms. The van der Waals surface area contributed by atoms with Gasteiger partial charge in [0.1, 0.15) is 12.2 Å². The van der Waals surface area contributed by atoms with Gasteiger partial charge < -0.3 is 9.72 Å². The Labute approximate surface area is 216 Å². The first kappa shape index (κ1) is 22.9. The molecule has 0 radical (unpaired) electrons. The first-order valence-electron chi connectivity index (χ1n) is 11.6. The van der Waals surface area contributed by atoms with Crippen molar-refractivity contribution in [3.05, 3.63) is 89.4 Å². The lowest BCUT2D eigenvalue weighted by molar-refractivity contribution is 0.187. The number of pyridine rings is 1. The van der Waals surface area contributed by atoms with E-state index in [4.69, 9.17) is 16.6 Å². The molecule has 1 amide bonds. The molecular formula is C26H21ClN8O2. The summed E-state index contributed by atoms with van der Waals surface area (Å²) in [7, 11) is 1.33. The zero-order valence-corrected chi connectivity index (χ0v) is 20.5. The summed E-state index contributed by atoms with van der Waals surface area (Å²) in [6.45, 7) is 0. The number of amides is 1. The molecule has 6 rings (SSSR count). The SMILES string of the molecule is COC(=O)Nc1ccc(-c2cnc(C3CCc4cc(-c5cc(Cl)ccc5-n5cnnn5)cnc43)[nH]2)cc1. The quantitative estimate of drug-likeness (QED) is 0.338. The number of aromatic amines is 1. The van der Waals surface area contributed by atoms with E-state index in [0.29, 0.717) is 10.7 Å². The summed E-state index contributed by atoms with van der Waals surface area (Å²) in [4.78, 5) is 24.4. The van der Waals surface area contributed by atoms with Gasteiger partial charge in [-0.05, 0) is 70.8 Å². The van der Waals surface area contributed by atoms with Crippen LogP contribution in [0.5, 0.6) is 0 Å². The lowest BCUT2D eigenvalue weighted by atomic mass is 10.0. The number of nitrogens with one attached hydrogen (secondary N) is 2. The van der Waals surface area contributed by atoms with Crippen molar-refractivity contribution in [3.8, 4) is 28.1 Å². The topological polar surface area (TPSA) is 124 Å². The summed E-state index contributed by atoms with van der Waals surface area (Å²) < 4.78 is 6.25. The monoisotopic (exact) mass is 512 g/mol. The molecule has 3 heterocycles. The fraction of sp³-hybridized carbons (Fsp3) is 0.154. The van der Waals surface area contributed by atoms with Gasteiger partial charge in [0.05, 0.1) is 36.3 Å². The third kappa shape index (κ3) is 4.43. The minimum Gasteiger partial charge on any atom is -0.453 e. The van der Waals surface area contributed by atoms with Crippen LogP contribution >= 0.6 is 11.6 Å². The van der Waals surface area contributed by atoms with E-state index in [2.05, 4.69) is 41.6 Å². The standard InChI is InChI=1S/C26H21ClN8O2/c1-37-26(36)31-19-6-2-15(3-7-19)22-13-29-25(32-22)20-8-4-16-10-17(12-28-24(16)20)21-11-18(27)5-9-23(21)35-14-30-33-34-35/h2-3,5-7,9-14,20H,4,8H2,1H3,(H,29,32)(H,31,36). The van der Waals surface area contributed by atoms with Crippen molar-refractivity contribution in [1.82, 2.24) is 35.2 Å². The van der Waals surface area contributed by atoms with E-state index in [-0.39, 0.29) is 5.92 Å². The zero-order chi connectivity index (χ0) is 25.4. The van der Waals surface area contributed by atoms with Crippen LogP contribution in [0.3, 0.4) is 0 Å². The molecule has 0 aliphatic heterocycles. The number of nitrogens with zero attached hydrogens (tertiary/aromatic N) is 6. The Morgan fingerprint density at radius 3 is 2.76 bits per heavy atom. The van der Waals surface area contributed by atoms with Crippen LogP contribution in [-0.4, -0.2) is 48.4 Å². The Hall–Kier alpha value is -4.57. The molecule has 3 aromatic heterocycles. The normalized spacial score (nSPS) is 14.4. The number of imidazole rings is 1. The van der Waals surface area contributed by atoms with Gasteiger partial charge in [-0.1, -0.05) is 23.7 Å². The fourth-order valence-corrected chi connectivity index (χ4v) is 4.83. The van der Waals surface area contributed by atoms with Gasteiger partial charge in [0.15, 0.2) is 0 Å². The summed E-state index contributed by atoms with van der Waals surface area (Å²) >= 11 is 6.32. The molecule has 5 aromatic rings. The maximum absolute atomic E-state index is 11.4. The number of aryl methyl sites for hydroxylation is 1. The van der Waals surface area contributed by atoms with E-state index < -0.39 is 6.09 Å². The van der Waals surface area contributed by atoms with Gasteiger partial charge >= 0.3 is 6.09 Å². The van der Waals surface area contributed by atoms with Gasteiger partial charge in [0.2, 0.25) is 0 Å². The van der Waals surface area contributed by atoms with Gasteiger partial charge in [-0.3, -0.25) is 10.3 Å². The molecule has 10 nitrogen and oxygen atoms in total. The number of fused-ring (bicyclic) bond motifs is 1. The predicted octanol–water partition coefficient (Wildman–Crippen LogP) is 5.02. The molecule has 1 atom stereocenters. The Balaban J connectivity index is 1.26. The van der Waals surface area contributed by atoms with E-state index in [1.807, 2.05) is 54.9 Å². The van der Waals surface area contributed by atoms with Crippen molar-refractivity contribution in [2.75, 3.05) is 12.4 Å². The molecule has 0 bridgehead atoms. The summed E-state index contributed by atoms with van der Waals surface area (Å²) in [5.41, 5.74) is 7.41. The molecular weight excluding hydrogens is 492 g/mol. The Bertz CT molecular complexity index is 1580. The molecule has 1 unspecified atom stereocenters. The highest BCUT2D eigenvalue weighted by Crippen LogP contribution is 2.39. The number of rotatable bonds is 5. The van der Waals surface area contributed by atoms with Crippen LogP contribution in [0.2, 0.25) is 5.02 Å². The number of ether oxygens (including phenoxy) is 1. The molecule has 0 saturated carbocycles. The molecule has 0 saturated heterocycles. The number of tetrazole rings is 1. The van der Waals surface area contributed by atoms with Crippen molar-refractivity contribution < 1.29 is 9.53 Å². The fourth-order valence-electron chi connectivity index (χ4n) is 4.66. The molecule has 2 N–H and O–H groups in total. The largest absolute Gasteiger partial charge is 0.453 e. The highest BCUT2D eigenvalue weighted by molar-refractivity contribution is 6.31. The highest BCUT2D eigenvalue weighted by atomic mass is 35.5. The second-order valence-corrected chi connectivity index (χ2v) is 9.09. The number of carbonyl (C=O) groups excluding carboxylic acids is 1. The Morgan fingerprint density at radius 1 is 1.11 bits per heavy atom. The lowest BCUT2D eigenvalue weighted by Gasteiger charge is -2.12. The number of H-pyrrole nitrogens is 1. The van der Waals surface area contributed by atoms with E-state index in [0.717, 1.165) is 52.4 Å². The van der Waals surface area contributed by atoms with Crippen LogP contribution in [0.25, 0.3) is 28.1 Å². The number of carbonyl (C=O) groups is 1. The number of benzene rings is 2. The molecule has 11 heteroatoms. The van der Waals surface area contributed by atoms with Gasteiger partial charge in [-0.2, -0.15) is 4.68 Å². The molecule has 0 fully saturated rings. The van der Waals surface area contributed by atoms with Crippen molar-refractivity contribution in [3.63, 3.8) is 0 Å². The molecule has 184 valence electrons. The predicted molar refractivity (Wildman–Crippen MR) is 138 cm³/mol. The van der Waals surface area contributed by atoms with Crippen LogP contribution in [0.4, 0.5) is 10.5 Å². The zero-order valence-electron chi connectivity index (χ0n) is 19.7. The van der Waals surface area contributed by atoms with Gasteiger partial charge in [0, 0.05) is 28.0 Å². The first-order valence-corrected chi connectivity index (χ1v) is 12.0. The minimum absolute atomic E-state index is 0.0800. The molecule has 0 spiro atoms. The van der Waals surface area contributed by atoms with Crippen molar-refractivity contribution in [2.45, 2.75) is 18.8 Å². The van der Waals surface area contributed by atoms with Crippen molar-refractivity contribution in [2.24, 2.45) is 0 Å². The smallest absolute Gasteiger partial charge is 0.411 e. The third-order valence-electron chi connectivity index (χ3n) is 6.45. The average molecular weight is 513 g/mol. The maximum atomic E-state index is 11.4. The molecule has 2 aromatic carbocycles. The number of anilines is 1. The van der Waals surface area contributed by atoms with Crippen molar-refractivity contribution in [1.29, 1.82) is 0 Å². The number of hydrogen-bond donors (Lipinski definition) is 2. The van der Waals surface area contributed by atoms with Crippen LogP contribution in [0, 0.1) is 0 Å². The third-order valence-corrected chi connectivity index (χ3v) is 6.69. The second-order valence-electron chi connectivity index (χ2n) is 8.65. The van der Waals surface area contributed by atoms with Gasteiger partial charge in [0.25, 0.3) is 0 Å². The van der Waals surface area contributed by atoms with Crippen LogP contribution in [0.1, 0.15) is 29.4 Å². The molecule has 1 aliphatic rings. The van der Waals surface area contributed by atoms with Crippen molar-refractivity contribution >= 4 is 23.4 Å². The maximum Gasteiger partial charge on any atom is 0.411 e.